The number of fused-ring (bicyclic) bond motifs is 3. The standard InChI is InChI=1S/C19H20N3OS/c1-2-4-18-17(3-1)21-19(24-18)23-16-7-5-14(6-8-16)11-22-10-9-15(12-22)20-13-22/h1-8,15,20H,9-13H2/q+1/t15-,22-/m0/s1. The van der Waals surface area contributed by atoms with E-state index in [9.17, 15) is 0 Å². The maximum atomic E-state index is 5.94. The van der Waals surface area contributed by atoms with Crippen molar-refractivity contribution in [1.29, 1.82) is 0 Å². The van der Waals surface area contributed by atoms with Gasteiger partial charge in [0, 0.05) is 12.0 Å². The Kier molecular flexibility index (Phi) is 3.33. The first-order valence-electron chi connectivity index (χ1n) is 8.49. The fourth-order valence-corrected chi connectivity index (χ4v) is 4.79. The summed E-state index contributed by atoms with van der Waals surface area (Å²) >= 11 is 1.59. The molecular formula is C19H20N3OS+. The summed E-state index contributed by atoms with van der Waals surface area (Å²) in [6, 6.07) is 17.4. The van der Waals surface area contributed by atoms with Crippen LogP contribution in [0.5, 0.6) is 10.9 Å². The van der Waals surface area contributed by atoms with E-state index in [1.54, 1.807) is 11.3 Å². The normalized spacial score (nSPS) is 25.4. The van der Waals surface area contributed by atoms with Gasteiger partial charge in [-0.3, -0.25) is 5.32 Å². The van der Waals surface area contributed by atoms with Crippen molar-refractivity contribution in [1.82, 2.24) is 10.3 Å². The summed E-state index contributed by atoms with van der Waals surface area (Å²) in [6.07, 6.45) is 1.32. The molecule has 3 heterocycles. The molecule has 2 aliphatic heterocycles. The Morgan fingerprint density at radius 1 is 1.17 bits per heavy atom. The quantitative estimate of drug-likeness (QED) is 0.736. The van der Waals surface area contributed by atoms with Crippen LogP contribution < -0.4 is 10.1 Å². The van der Waals surface area contributed by atoms with Crippen molar-refractivity contribution in [3.63, 3.8) is 0 Å². The number of thiazole rings is 1. The highest BCUT2D eigenvalue weighted by Crippen LogP contribution is 2.32. The monoisotopic (exact) mass is 338 g/mol. The van der Waals surface area contributed by atoms with Gasteiger partial charge in [0.15, 0.2) is 0 Å². The molecule has 3 aromatic rings. The third-order valence-electron chi connectivity index (χ3n) is 5.20. The Morgan fingerprint density at radius 3 is 2.75 bits per heavy atom. The molecule has 2 fully saturated rings. The van der Waals surface area contributed by atoms with Crippen LogP contribution in [0.3, 0.4) is 0 Å². The van der Waals surface area contributed by atoms with Crippen molar-refractivity contribution in [2.75, 3.05) is 19.8 Å². The van der Waals surface area contributed by atoms with Crippen molar-refractivity contribution in [3.8, 4) is 10.9 Å². The minimum absolute atomic E-state index is 0.706. The van der Waals surface area contributed by atoms with Gasteiger partial charge < -0.3 is 9.22 Å². The van der Waals surface area contributed by atoms with Crippen LogP contribution in [-0.2, 0) is 6.54 Å². The molecule has 0 saturated carbocycles. The average Bonchev–Trinajstić information content (AvgIpc) is 3.30. The molecule has 0 unspecified atom stereocenters. The van der Waals surface area contributed by atoms with Gasteiger partial charge in [0.05, 0.1) is 29.3 Å². The summed E-state index contributed by atoms with van der Waals surface area (Å²) in [7, 11) is 0. The molecule has 5 rings (SSSR count). The van der Waals surface area contributed by atoms with Gasteiger partial charge in [-0.05, 0) is 36.4 Å². The van der Waals surface area contributed by atoms with Crippen molar-refractivity contribution in [2.45, 2.75) is 19.0 Å². The number of para-hydroxylation sites is 1. The van der Waals surface area contributed by atoms with E-state index in [1.165, 1.54) is 29.6 Å². The second-order valence-electron chi connectivity index (χ2n) is 6.95. The summed E-state index contributed by atoms with van der Waals surface area (Å²) in [5.41, 5.74) is 2.38. The summed E-state index contributed by atoms with van der Waals surface area (Å²) in [5, 5.41) is 4.32. The van der Waals surface area contributed by atoms with Crippen LogP contribution in [0.15, 0.2) is 48.5 Å². The smallest absolute Gasteiger partial charge is 0.279 e. The topological polar surface area (TPSA) is 34.1 Å². The lowest BCUT2D eigenvalue weighted by molar-refractivity contribution is -0.923. The highest BCUT2D eigenvalue weighted by molar-refractivity contribution is 7.20. The van der Waals surface area contributed by atoms with E-state index in [4.69, 9.17) is 4.74 Å². The van der Waals surface area contributed by atoms with Gasteiger partial charge in [-0.25, -0.2) is 4.98 Å². The van der Waals surface area contributed by atoms with Gasteiger partial charge in [0.25, 0.3) is 5.19 Å². The Balaban J connectivity index is 1.31. The van der Waals surface area contributed by atoms with E-state index in [2.05, 4.69) is 40.6 Å². The van der Waals surface area contributed by atoms with Gasteiger partial charge in [-0.1, -0.05) is 23.5 Å². The van der Waals surface area contributed by atoms with Gasteiger partial charge in [-0.2, -0.15) is 0 Å². The molecule has 2 atom stereocenters. The van der Waals surface area contributed by atoms with Crippen LogP contribution in [0.4, 0.5) is 0 Å². The third kappa shape index (κ3) is 2.59. The molecular weight excluding hydrogens is 318 g/mol. The molecule has 122 valence electrons. The number of rotatable bonds is 4. The minimum Gasteiger partial charge on any atom is -0.431 e. The molecule has 1 aromatic heterocycles. The summed E-state index contributed by atoms with van der Waals surface area (Å²) in [4.78, 5) is 4.53. The number of benzene rings is 2. The first-order valence-corrected chi connectivity index (χ1v) is 9.31. The molecule has 5 heteroatoms. The van der Waals surface area contributed by atoms with Crippen LogP contribution in [0.2, 0.25) is 0 Å². The number of hydrogen-bond acceptors (Lipinski definition) is 4. The number of quaternary nitrogens is 1. The van der Waals surface area contributed by atoms with Crippen LogP contribution in [0.1, 0.15) is 12.0 Å². The van der Waals surface area contributed by atoms with E-state index in [1.807, 2.05) is 18.2 Å². The molecule has 2 saturated heterocycles. The van der Waals surface area contributed by atoms with E-state index in [0.29, 0.717) is 5.19 Å². The third-order valence-corrected chi connectivity index (χ3v) is 6.11. The van der Waals surface area contributed by atoms with Crippen LogP contribution in [0.25, 0.3) is 10.2 Å². The van der Waals surface area contributed by atoms with E-state index >= 15 is 0 Å². The largest absolute Gasteiger partial charge is 0.431 e. The van der Waals surface area contributed by atoms with Crippen molar-refractivity contribution in [3.05, 3.63) is 54.1 Å². The SMILES string of the molecule is c1ccc2sc(Oc3ccc(C[N@@+]45CC[C@@H](C4)NC5)cc3)nc2c1. The molecule has 4 nitrogen and oxygen atoms in total. The lowest BCUT2D eigenvalue weighted by Gasteiger charge is -2.31. The zero-order valence-electron chi connectivity index (χ0n) is 13.4. The summed E-state index contributed by atoms with van der Waals surface area (Å²) in [5.74, 6) is 0.858. The average molecular weight is 338 g/mol. The first kappa shape index (κ1) is 14.4. The van der Waals surface area contributed by atoms with E-state index in [-0.39, 0.29) is 0 Å². The number of nitrogens with zero attached hydrogens (tertiary/aromatic N) is 2. The Bertz CT molecular complexity index is 833. The van der Waals surface area contributed by atoms with Gasteiger partial charge >= 0.3 is 0 Å². The number of nitrogens with one attached hydrogen (secondary N) is 1. The maximum Gasteiger partial charge on any atom is 0.279 e. The maximum absolute atomic E-state index is 5.94. The summed E-state index contributed by atoms with van der Waals surface area (Å²) in [6.45, 7) is 4.82. The molecule has 0 spiro atoms. The predicted octanol–water partition coefficient (Wildman–Crippen LogP) is 3.74. The molecule has 1 N–H and O–H groups in total. The van der Waals surface area contributed by atoms with Crippen LogP contribution in [-0.4, -0.2) is 35.3 Å². The van der Waals surface area contributed by atoms with E-state index in [0.717, 1.165) is 35.2 Å². The molecule has 2 aromatic carbocycles. The van der Waals surface area contributed by atoms with Crippen molar-refractivity contribution in [2.24, 2.45) is 0 Å². The molecule has 0 aliphatic carbocycles. The molecule has 2 aliphatic rings. The number of ether oxygens (including phenoxy) is 1. The zero-order chi connectivity index (χ0) is 16.0. The van der Waals surface area contributed by atoms with Gasteiger partial charge in [0.1, 0.15) is 19.0 Å². The Morgan fingerprint density at radius 2 is 2.04 bits per heavy atom. The lowest BCUT2D eigenvalue weighted by Crippen LogP contribution is -2.46. The predicted molar refractivity (Wildman–Crippen MR) is 96.2 cm³/mol. The summed E-state index contributed by atoms with van der Waals surface area (Å²) < 4.78 is 8.29. The lowest BCUT2D eigenvalue weighted by atomic mass is 10.2. The number of aromatic nitrogens is 1. The second kappa shape index (κ2) is 5.55. The van der Waals surface area contributed by atoms with E-state index < -0.39 is 0 Å². The molecule has 0 radical (unpaired) electrons. The zero-order valence-corrected chi connectivity index (χ0v) is 14.3. The fraction of sp³-hybridized carbons (Fsp3) is 0.316. The Hall–Kier alpha value is -1.95. The fourth-order valence-electron chi connectivity index (χ4n) is 3.96. The molecule has 0 amide bonds. The highest BCUT2D eigenvalue weighted by atomic mass is 32.1. The van der Waals surface area contributed by atoms with Crippen molar-refractivity contribution >= 4 is 21.6 Å². The minimum atomic E-state index is 0.706. The molecule has 24 heavy (non-hydrogen) atoms. The first-order chi connectivity index (χ1) is 11.8. The second-order valence-corrected chi connectivity index (χ2v) is 7.94. The van der Waals surface area contributed by atoms with Crippen molar-refractivity contribution < 1.29 is 9.22 Å². The van der Waals surface area contributed by atoms with Crippen LogP contribution >= 0.6 is 11.3 Å². The van der Waals surface area contributed by atoms with Gasteiger partial charge in [-0.15, -0.1) is 0 Å². The van der Waals surface area contributed by atoms with Gasteiger partial charge in [0.2, 0.25) is 0 Å². The van der Waals surface area contributed by atoms with Crippen LogP contribution in [0, 0.1) is 0 Å². The number of hydrogen-bond donors (Lipinski definition) is 1. The molecule has 2 bridgehead atoms. The Labute approximate surface area is 145 Å². The highest BCUT2D eigenvalue weighted by Gasteiger charge is 2.44.